The van der Waals surface area contributed by atoms with Gasteiger partial charge in [-0.3, -0.25) is 14.9 Å². The van der Waals surface area contributed by atoms with Gasteiger partial charge in [-0.2, -0.15) is 8.78 Å². The van der Waals surface area contributed by atoms with Crippen LogP contribution in [0.25, 0.3) is 0 Å². The van der Waals surface area contributed by atoms with E-state index in [1.807, 2.05) is 0 Å². The Morgan fingerprint density at radius 2 is 1.92 bits per heavy atom. The summed E-state index contributed by atoms with van der Waals surface area (Å²) in [7, 11) is 0. The number of halogens is 2. The first-order valence-corrected chi connectivity index (χ1v) is 12.3. The van der Waals surface area contributed by atoms with Crippen molar-refractivity contribution in [1.82, 2.24) is 10.2 Å². The summed E-state index contributed by atoms with van der Waals surface area (Å²) in [5, 5.41) is 12.4. The molecule has 0 spiro atoms. The van der Waals surface area contributed by atoms with Gasteiger partial charge in [0.25, 0.3) is 0 Å². The highest BCUT2D eigenvalue weighted by atomic mass is 19.3. The summed E-state index contributed by atoms with van der Waals surface area (Å²) in [6, 6.07) is 8.15. The number of alkyl halides is 2. The van der Waals surface area contributed by atoms with Gasteiger partial charge in [-0.15, -0.1) is 0 Å². The Morgan fingerprint density at radius 3 is 2.59 bits per heavy atom. The number of carboxylic acid groups (broad SMARTS) is 1. The number of carbonyl (C=O) groups excluding carboxylic acids is 2. The maximum Gasteiger partial charge on any atom is 0.387 e. The van der Waals surface area contributed by atoms with E-state index in [9.17, 15) is 28.3 Å². The van der Waals surface area contributed by atoms with Crippen molar-refractivity contribution < 1.29 is 37.7 Å². The number of fused-ring (bicyclic) bond motifs is 1. The summed E-state index contributed by atoms with van der Waals surface area (Å²) < 4.78 is 36.3. The number of ketones is 1. The lowest BCUT2D eigenvalue weighted by Gasteiger charge is -2.25. The fourth-order valence-corrected chi connectivity index (χ4v) is 5.21. The number of nitrogens with one attached hydrogen (secondary N) is 1. The molecule has 8 nitrogen and oxygen atoms in total. The summed E-state index contributed by atoms with van der Waals surface area (Å²) in [5.41, 5.74) is 2.39. The van der Waals surface area contributed by atoms with Crippen molar-refractivity contribution in [3.63, 3.8) is 0 Å². The van der Waals surface area contributed by atoms with Crippen LogP contribution < -0.4 is 14.8 Å². The van der Waals surface area contributed by atoms with Crippen LogP contribution in [-0.4, -0.2) is 53.5 Å². The van der Waals surface area contributed by atoms with Crippen LogP contribution in [0, 0.1) is 5.92 Å². The van der Waals surface area contributed by atoms with Crippen LogP contribution in [0.4, 0.5) is 8.78 Å². The van der Waals surface area contributed by atoms with E-state index in [0.717, 1.165) is 24.0 Å². The molecule has 2 aromatic carbocycles. The molecule has 2 N–H and O–H groups in total. The van der Waals surface area contributed by atoms with Crippen molar-refractivity contribution in [1.29, 1.82) is 0 Å². The molecule has 37 heavy (non-hydrogen) atoms. The summed E-state index contributed by atoms with van der Waals surface area (Å²) >= 11 is 0. The van der Waals surface area contributed by atoms with Gasteiger partial charge in [0.05, 0.1) is 24.3 Å². The first-order valence-electron chi connectivity index (χ1n) is 12.3. The molecule has 3 aliphatic rings. The molecule has 196 valence electrons. The molecule has 1 saturated carbocycles. The standard InChI is InChI=1S/C27H28F2N2O6/c1-14(32)31-12-19(16-5-7-22(37-27(28)29)23(10-16)36-13-15-2-3-15)9-21(31)25(33)24-20-6-4-17(26(34)35)8-18(20)11-30-24/h4-8,10,15,19,21,24,27,30H,2-3,9,11-13H2,1H3,(H,34,35)/t19?,21-,24?/m1/s1. The Morgan fingerprint density at radius 1 is 1.14 bits per heavy atom. The lowest BCUT2D eigenvalue weighted by molar-refractivity contribution is -0.136. The van der Waals surface area contributed by atoms with Crippen LogP contribution in [0.15, 0.2) is 36.4 Å². The maximum atomic E-state index is 13.6. The second kappa shape index (κ2) is 10.1. The fourth-order valence-electron chi connectivity index (χ4n) is 5.21. The van der Waals surface area contributed by atoms with Crippen molar-refractivity contribution >= 4 is 17.7 Å². The van der Waals surface area contributed by atoms with E-state index >= 15 is 0 Å². The van der Waals surface area contributed by atoms with Gasteiger partial charge < -0.3 is 19.5 Å². The third kappa shape index (κ3) is 5.29. The Kier molecular flexibility index (Phi) is 6.85. The zero-order valence-electron chi connectivity index (χ0n) is 20.3. The highest BCUT2D eigenvalue weighted by Crippen LogP contribution is 2.40. The third-order valence-electron chi connectivity index (χ3n) is 7.34. The minimum Gasteiger partial charge on any atom is -0.489 e. The number of ether oxygens (including phenoxy) is 2. The highest BCUT2D eigenvalue weighted by Gasteiger charge is 2.43. The monoisotopic (exact) mass is 514 g/mol. The number of hydrogen-bond donors (Lipinski definition) is 2. The molecule has 0 bridgehead atoms. The van der Waals surface area contributed by atoms with Crippen LogP contribution in [0.5, 0.6) is 11.5 Å². The summed E-state index contributed by atoms with van der Waals surface area (Å²) in [5.74, 6) is -1.03. The van der Waals surface area contributed by atoms with Crippen molar-refractivity contribution in [2.75, 3.05) is 13.2 Å². The van der Waals surface area contributed by atoms with Gasteiger partial charge in [0, 0.05) is 25.9 Å². The smallest absolute Gasteiger partial charge is 0.387 e. The molecule has 3 atom stereocenters. The normalized spacial score (nSPS) is 22.7. The van der Waals surface area contributed by atoms with Gasteiger partial charge in [0.15, 0.2) is 17.3 Å². The lowest BCUT2D eigenvalue weighted by Crippen LogP contribution is -2.43. The molecule has 2 fully saturated rings. The van der Waals surface area contributed by atoms with E-state index in [4.69, 9.17) is 4.74 Å². The number of Topliss-reactive ketones (excluding diaryl/α,β-unsaturated/α-hetero) is 1. The zero-order chi connectivity index (χ0) is 26.3. The van der Waals surface area contributed by atoms with Gasteiger partial charge in [0.2, 0.25) is 5.91 Å². The van der Waals surface area contributed by atoms with Gasteiger partial charge >= 0.3 is 12.6 Å². The summed E-state index contributed by atoms with van der Waals surface area (Å²) in [6.07, 6.45) is 2.46. The molecular formula is C27H28F2N2O6. The molecule has 10 heteroatoms. The Labute approximate surface area is 212 Å². The number of likely N-dealkylation sites (tertiary alicyclic amines) is 1. The number of aromatic carboxylic acids is 1. The van der Waals surface area contributed by atoms with E-state index in [1.54, 1.807) is 29.2 Å². The van der Waals surface area contributed by atoms with Crippen LogP contribution in [0.2, 0.25) is 0 Å². The Hall–Kier alpha value is -3.53. The number of nitrogens with zero attached hydrogens (tertiary/aromatic N) is 1. The number of amides is 1. The second-order valence-corrected chi connectivity index (χ2v) is 9.89. The molecule has 1 amide bonds. The van der Waals surface area contributed by atoms with Crippen molar-refractivity contribution in [3.8, 4) is 11.5 Å². The van der Waals surface area contributed by atoms with Crippen LogP contribution in [0.3, 0.4) is 0 Å². The molecule has 2 aromatic rings. The van der Waals surface area contributed by atoms with E-state index in [0.29, 0.717) is 37.6 Å². The number of carbonyl (C=O) groups is 3. The third-order valence-corrected chi connectivity index (χ3v) is 7.34. The maximum absolute atomic E-state index is 13.6. The Bertz CT molecular complexity index is 1230. The number of carboxylic acids is 1. The number of hydrogen-bond acceptors (Lipinski definition) is 6. The van der Waals surface area contributed by atoms with Gasteiger partial charge in [-0.1, -0.05) is 12.1 Å². The predicted octanol–water partition coefficient (Wildman–Crippen LogP) is 3.89. The van der Waals surface area contributed by atoms with E-state index < -0.39 is 24.7 Å². The van der Waals surface area contributed by atoms with Gasteiger partial charge in [0.1, 0.15) is 0 Å². The summed E-state index contributed by atoms with van der Waals surface area (Å²) in [4.78, 5) is 39.0. The molecular weight excluding hydrogens is 486 g/mol. The van der Waals surface area contributed by atoms with Gasteiger partial charge in [-0.05, 0) is 66.1 Å². The van der Waals surface area contributed by atoms with E-state index in [-0.39, 0.29) is 34.7 Å². The molecule has 2 aliphatic heterocycles. The first kappa shape index (κ1) is 25.1. The molecule has 1 saturated heterocycles. The zero-order valence-corrected chi connectivity index (χ0v) is 20.3. The lowest BCUT2D eigenvalue weighted by atomic mass is 9.91. The molecule has 0 aromatic heterocycles. The van der Waals surface area contributed by atoms with Crippen molar-refractivity contribution in [2.45, 2.75) is 57.3 Å². The highest BCUT2D eigenvalue weighted by molar-refractivity contribution is 5.95. The van der Waals surface area contributed by atoms with Crippen molar-refractivity contribution in [3.05, 3.63) is 58.7 Å². The largest absolute Gasteiger partial charge is 0.489 e. The second-order valence-electron chi connectivity index (χ2n) is 9.89. The average Bonchev–Trinajstić information content (AvgIpc) is 3.42. The molecule has 0 radical (unpaired) electrons. The topological polar surface area (TPSA) is 105 Å². The average molecular weight is 515 g/mol. The molecule has 2 heterocycles. The van der Waals surface area contributed by atoms with Crippen LogP contribution in [0.1, 0.15) is 65.2 Å². The van der Waals surface area contributed by atoms with E-state index in [1.165, 1.54) is 19.1 Å². The van der Waals surface area contributed by atoms with Crippen molar-refractivity contribution in [2.24, 2.45) is 5.92 Å². The first-order chi connectivity index (χ1) is 17.7. The van der Waals surface area contributed by atoms with E-state index in [2.05, 4.69) is 10.1 Å². The number of benzene rings is 2. The quantitative estimate of drug-likeness (QED) is 0.523. The predicted molar refractivity (Wildman–Crippen MR) is 128 cm³/mol. The molecule has 5 rings (SSSR count). The van der Waals surface area contributed by atoms with Crippen LogP contribution in [-0.2, 0) is 16.1 Å². The molecule has 1 aliphatic carbocycles. The summed E-state index contributed by atoms with van der Waals surface area (Å²) in [6.45, 7) is -0.479. The minimum atomic E-state index is -2.98. The minimum absolute atomic E-state index is 0.0408. The Balaban J connectivity index is 1.37. The molecule has 2 unspecified atom stereocenters. The fraction of sp³-hybridized carbons (Fsp3) is 0.444. The number of rotatable bonds is 9. The van der Waals surface area contributed by atoms with Gasteiger partial charge in [-0.25, -0.2) is 4.79 Å². The van der Waals surface area contributed by atoms with Crippen LogP contribution >= 0.6 is 0 Å². The SMILES string of the molecule is CC(=O)N1CC(c2ccc(OC(F)F)c(OCC3CC3)c2)C[C@@H]1C(=O)C1NCc2cc(C(=O)O)ccc21.